The molecule has 1 aliphatic heterocycles. The predicted octanol–water partition coefficient (Wildman–Crippen LogP) is 1.39. The monoisotopic (exact) mass is 254 g/mol. The minimum absolute atomic E-state index is 0.154. The topological polar surface area (TPSA) is 71.2 Å². The Hall–Kier alpha value is -1.33. The number of rotatable bonds is 3. The van der Waals surface area contributed by atoms with E-state index >= 15 is 0 Å². The average molecular weight is 255 g/mol. The Kier molecular flexibility index (Phi) is 3.49. The summed E-state index contributed by atoms with van der Waals surface area (Å²) in [6.45, 7) is 3.26. The third kappa shape index (κ3) is 2.68. The summed E-state index contributed by atoms with van der Waals surface area (Å²) in [5, 5.41) is 0.552. The lowest BCUT2D eigenvalue weighted by Gasteiger charge is -2.16. The van der Waals surface area contributed by atoms with Gasteiger partial charge in [-0.15, -0.1) is 0 Å². The van der Waals surface area contributed by atoms with E-state index in [9.17, 15) is 4.79 Å². The quantitative estimate of drug-likeness (QED) is 0.632. The number of hydrogen-bond donors (Lipinski definition) is 2. The highest BCUT2D eigenvalue weighted by Crippen LogP contribution is 2.23. The number of carbonyl (C=O) groups is 1. The van der Waals surface area contributed by atoms with E-state index in [1.807, 2.05) is 0 Å². The van der Waals surface area contributed by atoms with Crippen molar-refractivity contribution >= 4 is 23.3 Å². The molecule has 3 N–H and O–H groups in total. The van der Waals surface area contributed by atoms with Crippen molar-refractivity contribution in [2.75, 3.05) is 12.0 Å². The van der Waals surface area contributed by atoms with Crippen LogP contribution in [0.3, 0.4) is 0 Å². The van der Waals surface area contributed by atoms with Gasteiger partial charge in [-0.05, 0) is 18.1 Å². The number of anilines is 1. The normalized spacial score (nSPS) is 19.8. The number of hydrazine groups is 1. The van der Waals surface area contributed by atoms with E-state index in [2.05, 4.69) is 17.3 Å². The summed E-state index contributed by atoms with van der Waals surface area (Å²) in [6, 6.07) is 3.42. The van der Waals surface area contributed by atoms with Crippen molar-refractivity contribution < 1.29 is 4.79 Å². The summed E-state index contributed by atoms with van der Waals surface area (Å²) in [7, 11) is 0. The lowest BCUT2D eigenvalue weighted by atomic mass is 10.2. The van der Waals surface area contributed by atoms with E-state index in [0.29, 0.717) is 35.4 Å². The third-order valence-electron chi connectivity index (χ3n) is 2.81. The first-order chi connectivity index (χ1) is 8.10. The molecule has 0 bridgehead atoms. The van der Waals surface area contributed by atoms with Gasteiger partial charge in [-0.25, -0.2) is 10.8 Å². The number of nitrogens with one attached hydrogen (secondary N) is 1. The molecule has 1 aliphatic rings. The van der Waals surface area contributed by atoms with Gasteiger partial charge in [-0.2, -0.15) is 0 Å². The predicted molar refractivity (Wildman–Crippen MR) is 66.3 cm³/mol. The molecule has 0 aromatic carbocycles. The van der Waals surface area contributed by atoms with E-state index in [-0.39, 0.29) is 5.91 Å². The fourth-order valence-corrected chi connectivity index (χ4v) is 2.14. The summed E-state index contributed by atoms with van der Waals surface area (Å²) in [5.74, 6) is 6.39. The van der Waals surface area contributed by atoms with E-state index in [1.54, 1.807) is 17.0 Å². The number of hydrogen-bond acceptors (Lipinski definition) is 4. The zero-order valence-corrected chi connectivity index (χ0v) is 10.4. The lowest BCUT2D eigenvalue weighted by Crippen LogP contribution is -2.25. The zero-order chi connectivity index (χ0) is 12.4. The summed E-state index contributed by atoms with van der Waals surface area (Å²) < 4.78 is 0. The van der Waals surface area contributed by atoms with Gasteiger partial charge in [0.05, 0.1) is 17.3 Å². The largest absolute Gasteiger partial charge is 0.336 e. The van der Waals surface area contributed by atoms with Gasteiger partial charge in [0.15, 0.2) is 0 Å². The van der Waals surface area contributed by atoms with Gasteiger partial charge < -0.3 is 10.3 Å². The maximum Gasteiger partial charge on any atom is 0.223 e. The van der Waals surface area contributed by atoms with Gasteiger partial charge in [-0.3, -0.25) is 4.79 Å². The van der Waals surface area contributed by atoms with Crippen LogP contribution >= 0.6 is 11.6 Å². The van der Waals surface area contributed by atoms with Crippen LogP contribution in [0.15, 0.2) is 12.1 Å². The van der Waals surface area contributed by atoms with Gasteiger partial charge in [-0.1, -0.05) is 18.5 Å². The molecule has 5 nitrogen and oxygen atoms in total. The Morgan fingerprint density at radius 1 is 1.65 bits per heavy atom. The van der Waals surface area contributed by atoms with Crippen LogP contribution in [0.5, 0.6) is 0 Å². The minimum Gasteiger partial charge on any atom is -0.336 e. The van der Waals surface area contributed by atoms with Crippen molar-refractivity contribution in [3.8, 4) is 0 Å². The molecular weight excluding hydrogens is 240 g/mol. The van der Waals surface area contributed by atoms with Gasteiger partial charge in [0.1, 0.15) is 5.82 Å². The minimum atomic E-state index is 0.154. The van der Waals surface area contributed by atoms with Crippen LogP contribution in [0.25, 0.3) is 0 Å². The van der Waals surface area contributed by atoms with E-state index in [0.717, 1.165) is 6.54 Å². The van der Waals surface area contributed by atoms with Crippen LogP contribution in [-0.2, 0) is 11.3 Å². The molecule has 2 rings (SSSR count). The molecule has 1 amide bonds. The first kappa shape index (κ1) is 12.1. The van der Waals surface area contributed by atoms with Gasteiger partial charge in [0.2, 0.25) is 5.91 Å². The number of halogens is 1. The Balaban J connectivity index is 2.15. The molecule has 92 valence electrons. The number of nitrogens with two attached hydrogens (primary N) is 1. The van der Waals surface area contributed by atoms with Gasteiger partial charge >= 0.3 is 0 Å². The van der Waals surface area contributed by atoms with Crippen LogP contribution in [0.1, 0.15) is 19.0 Å². The maximum atomic E-state index is 11.7. The highest BCUT2D eigenvalue weighted by Gasteiger charge is 2.27. The van der Waals surface area contributed by atoms with Crippen LogP contribution in [-0.4, -0.2) is 22.3 Å². The molecule has 0 aliphatic carbocycles. The van der Waals surface area contributed by atoms with E-state index in [1.165, 1.54) is 0 Å². The molecular formula is C11H15ClN4O. The number of nitrogens with zero attached hydrogens (tertiary/aromatic N) is 2. The molecule has 1 fully saturated rings. The molecule has 1 aromatic rings. The smallest absolute Gasteiger partial charge is 0.223 e. The third-order valence-corrected chi connectivity index (χ3v) is 3.16. The number of nitrogen functional groups attached to an aromatic ring is 1. The van der Waals surface area contributed by atoms with Crippen molar-refractivity contribution in [3.63, 3.8) is 0 Å². The molecule has 1 saturated heterocycles. The first-order valence-electron chi connectivity index (χ1n) is 5.50. The van der Waals surface area contributed by atoms with Crippen LogP contribution < -0.4 is 11.3 Å². The second-order valence-electron chi connectivity index (χ2n) is 4.35. The van der Waals surface area contributed by atoms with Crippen LogP contribution in [0, 0.1) is 5.92 Å². The number of likely N-dealkylation sites (tertiary alicyclic amines) is 1. The maximum absolute atomic E-state index is 11.7. The Morgan fingerprint density at radius 2 is 2.41 bits per heavy atom. The molecule has 0 saturated carbocycles. The molecule has 1 atom stereocenters. The Bertz CT molecular complexity index is 437. The fourth-order valence-electron chi connectivity index (χ4n) is 1.98. The number of amides is 1. The zero-order valence-electron chi connectivity index (χ0n) is 9.61. The van der Waals surface area contributed by atoms with Crippen molar-refractivity contribution in [2.45, 2.75) is 19.9 Å². The molecule has 17 heavy (non-hydrogen) atoms. The molecule has 1 unspecified atom stereocenters. The lowest BCUT2D eigenvalue weighted by molar-refractivity contribution is -0.128. The average Bonchev–Trinajstić information content (AvgIpc) is 2.60. The van der Waals surface area contributed by atoms with Gasteiger partial charge in [0.25, 0.3) is 0 Å². The molecule has 0 radical (unpaired) electrons. The standard InChI is InChI=1S/C11H15ClN4O/c1-7-4-11(17)16(5-7)6-9-8(12)2-3-10(14-9)15-13/h2-3,7H,4-6,13H2,1H3,(H,14,15). The number of pyridine rings is 1. The number of aromatic nitrogens is 1. The van der Waals surface area contributed by atoms with Crippen LogP contribution in [0.2, 0.25) is 5.02 Å². The second kappa shape index (κ2) is 4.89. The van der Waals surface area contributed by atoms with Crippen molar-refractivity contribution in [2.24, 2.45) is 11.8 Å². The molecule has 2 heterocycles. The van der Waals surface area contributed by atoms with E-state index < -0.39 is 0 Å². The highest BCUT2D eigenvalue weighted by atomic mass is 35.5. The van der Waals surface area contributed by atoms with E-state index in [4.69, 9.17) is 17.4 Å². The SMILES string of the molecule is CC1CC(=O)N(Cc2nc(NN)ccc2Cl)C1. The summed E-state index contributed by atoms with van der Waals surface area (Å²) in [4.78, 5) is 17.7. The fraction of sp³-hybridized carbons (Fsp3) is 0.455. The first-order valence-corrected chi connectivity index (χ1v) is 5.87. The number of carbonyl (C=O) groups excluding carboxylic acids is 1. The molecule has 6 heteroatoms. The summed E-state index contributed by atoms with van der Waals surface area (Å²) >= 11 is 6.05. The summed E-state index contributed by atoms with van der Waals surface area (Å²) in [5.41, 5.74) is 3.14. The van der Waals surface area contributed by atoms with Crippen molar-refractivity contribution in [1.29, 1.82) is 0 Å². The Morgan fingerprint density at radius 3 is 3.00 bits per heavy atom. The molecule has 1 aromatic heterocycles. The van der Waals surface area contributed by atoms with Gasteiger partial charge in [0, 0.05) is 13.0 Å². The van der Waals surface area contributed by atoms with Crippen LogP contribution in [0.4, 0.5) is 5.82 Å². The second-order valence-corrected chi connectivity index (χ2v) is 4.76. The molecule has 0 spiro atoms. The highest BCUT2D eigenvalue weighted by molar-refractivity contribution is 6.31. The Labute approximate surface area is 105 Å². The van der Waals surface area contributed by atoms with Crippen molar-refractivity contribution in [3.05, 3.63) is 22.8 Å². The van der Waals surface area contributed by atoms with Crippen molar-refractivity contribution in [1.82, 2.24) is 9.88 Å². The summed E-state index contributed by atoms with van der Waals surface area (Å²) in [6.07, 6.45) is 0.604.